The number of piperidine rings is 1. The number of hydrogen-bond donors (Lipinski definition) is 2. The molecule has 0 spiro atoms. The fraction of sp³-hybridized carbons (Fsp3) is 0.485. The Morgan fingerprint density at radius 3 is 2.73 bits per heavy atom. The molecule has 44 heavy (non-hydrogen) atoms. The second kappa shape index (κ2) is 15.6. The van der Waals surface area contributed by atoms with Gasteiger partial charge in [-0.2, -0.15) is 0 Å². The van der Waals surface area contributed by atoms with Crippen molar-refractivity contribution < 1.29 is 27.5 Å². The number of urea groups is 1. The lowest BCUT2D eigenvalue weighted by Gasteiger charge is -2.34. The highest BCUT2D eigenvalue weighted by Crippen LogP contribution is 2.36. The quantitative estimate of drug-likeness (QED) is 0.188. The molecule has 1 aliphatic heterocycles. The summed E-state index contributed by atoms with van der Waals surface area (Å²) in [6.45, 7) is 7.56. The fourth-order valence-corrected chi connectivity index (χ4v) is 6.09. The average molecular weight is 678 g/mol. The van der Waals surface area contributed by atoms with Gasteiger partial charge in [0.1, 0.15) is 5.82 Å². The molecule has 0 aliphatic carbocycles. The second-order valence-electron chi connectivity index (χ2n) is 11.4. The third-order valence-electron chi connectivity index (χ3n) is 8.20. The van der Waals surface area contributed by atoms with Crippen molar-refractivity contribution in [3.63, 3.8) is 0 Å². The number of alkyl halides is 1. The number of fused-ring (bicyclic) bond motifs is 1. The van der Waals surface area contributed by atoms with Gasteiger partial charge >= 0.3 is 12.0 Å². The molecule has 0 bridgehead atoms. The fourth-order valence-electron chi connectivity index (χ4n) is 5.73. The van der Waals surface area contributed by atoms with E-state index in [1.165, 1.54) is 18.6 Å². The van der Waals surface area contributed by atoms with Crippen LogP contribution in [0.25, 0.3) is 10.9 Å². The van der Waals surface area contributed by atoms with E-state index in [0.29, 0.717) is 18.0 Å². The molecule has 3 atom stereocenters. The number of aromatic nitrogens is 1. The number of pyridine rings is 1. The van der Waals surface area contributed by atoms with Crippen LogP contribution in [0.5, 0.6) is 0 Å². The predicted octanol–water partition coefficient (Wildman–Crippen LogP) is 8.53. The van der Waals surface area contributed by atoms with E-state index >= 15 is 0 Å². The van der Waals surface area contributed by atoms with Crippen molar-refractivity contribution in [1.82, 2.24) is 10.3 Å². The summed E-state index contributed by atoms with van der Waals surface area (Å²) in [6.07, 6.45) is 1.98. The second-order valence-corrected chi connectivity index (χ2v) is 12.3. The molecule has 2 aromatic carbocycles. The first-order valence-corrected chi connectivity index (χ1v) is 16.1. The number of hydrogen-bond acceptors (Lipinski definition) is 5. The van der Waals surface area contributed by atoms with Crippen molar-refractivity contribution in [3.8, 4) is 0 Å². The van der Waals surface area contributed by atoms with Gasteiger partial charge in [-0.15, -0.1) is 0 Å². The standard InChI is InChI=1S/C33H40BrF3N4O3/c1-4-8-28(36)44-29(42)15-12-22(24-10-6-11-26(35)30(24)37)18-38-33(43)40-31-20(3)32(41-16-7-9-21(5-2)19-41)39-27-14-13-23(34)17-25(27)31/h6,10-11,13-14,17,21-22,28H,4-5,7-9,12,15-16,18-19H2,1-3H3,(H2,38,39,40,43). The largest absolute Gasteiger partial charge is 0.431 e. The number of esters is 1. The van der Waals surface area contributed by atoms with Crippen molar-refractivity contribution in [2.24, 2.45) is 5.92 Å². The number of halogens is 4. The number of benzene rings is 2. The van der Waals surface area contributed by atoms with E-state index in [9.17, 15) is 22.8 Å². The maximum Gasteiger partial charge on any atom is 0.319 e. The van der Waals surface area contributed by atoms with Crippen LogP contribution >= 0.6 is 15.9 Å². The van der Waals surface area contributed by atoms with Crippen molar-refractivity contribution in [2.75, 3.05) is 29.9 Å². The third-order valence-corrected chi connectivity index (χ3v) is 8.69. The minimum Gasteiger partial charge on any atom is -0.431 e. The number of carbonyl (C=O) groups excluding carboxylic acids is 2. The zero-order chi connectivity index (χ0) is 31.8. The predicted molar refractivity (Wildman–Crippen MR) is 171 cm³/mol. The Kier molecular flexibility index (Phi) is 11.9. The minimum atomic E-state index is -1.72. The summed E-state index contributed by atoms with van der Waals surface area (Å²) in [4.78, 5) is 32.8. The van der Waals surface area contributed by atoms with Gasteiger partial charge < -0.3 is 20.3 Å². The van der Waals surface area contributed by atoms with E-state index in [-0.39, 0.29) is 31.4 Å². The van der Waals surface area contributed by atoms with Crippen LogP contribution < -0.4 is 15.5 Å². The van der Waals surface area contributed by atoms with Crippen LogP contribution in [0.15, 0.2) is 40.9 Å². The van der Waals surface area contributed by atoms with E-state index in [4.69, 9.17) is 9.72 Å². The highest BCUT2D eigenvalue weighted by molar-refractivity contribution is 9.10. The summed E-state index contributed by atoms with van der Waals surface area (Å²) >= 11 is 3.52. The van der Waals surface area contributed by atoms with Gasteiger partial charge in [-0.25, -0.2) is 22.9 Å². The zero-order valence-corrected chi connectivity index (χ0v) is 27.0. The van der Waals surface area contributed by atoms with Crippen LogP contribution in [0.3, 0.4) is 0 Å². The summed E-state index contributed by atoms with van der Waals surface area (Å²) in [7, 11) is 0. The maximum absolute atomic E-state index is 14.8. The van der Waals surface area contributed by atoms with Gasteiger partial charge in [0.2, 0.25) is 6.36 Å². The van der Waals surface area contributed by atoms with Gasteiger partial charge in [-0.05, 0) is 68.4 Å². The highest BCUT2D eigenvalue weighted by Gasteiger charge is 2.25. The number of ether oxygens (including phenoxy) is 1. The van der Waals surface area contributed by atoms with Crippen molar-refractivity contribution in [2.45, 2.75) is 78.0 Å². The Morgan fingerprint density at radius 2 is 1.98 bits per heavy atom. The molecule has 2 N–H and O–H groups in total. The average Bonchev–Trinajstić information content (AvgIpc) is 3.00. The van der Waals surface area contributed by atoms with Crippen molar-refractivity contribution in [1.29, 1.82) is 0 Å². The van der Waals surface area contributed by atoms with Crippen LogP contribution in [-0.4, -0.2) is 43.0 Å². The van der Waals surface area contributed by atoms with Gasteiger partial charge in [-0.3, -0.25) is 4.79 Å². The number of nitrogens with one attached hydrogen (secondary N) is 2. The van der Waals surface area contributed by atoms with Crippen LogP contribution in [0.2, 0.25) is 0 Å². The van der Waals surface area contributed by atoms with Gasteiger partial charge in [0, 0.05) is 53.8 Å². The van der Waals surface area contributed by atoms with E-state index < -0.39 is 35.9 Å². The van der Waals surface area contributed by atoms with Crippen LogP contribution in [0, 0.1) is 24.5 Å². The Bertz CT molecular complexity index is 1470. The molecular weight excluding hydrogens is 637 g/mol. The first-order chi connectivity index (χ1) is 21.1. The number of anilines is 2. The Hall–Kier alpha value is -3.34. The number of carbonyl (C=O) groups is 2. The summed E-state index contributed by atoms with van der Waals surface area (Å²) < 4.78 is 48.3. The number of amides is 2. The summed E-state index contributed by atoms with van der Waals surface area (Å²) in [5.41, 5.74) is 2.17. The van der Waals surface area contributed by atoms with Gasteiger partial charge in [-0.1, -0.05) is 48.3 Å². The molecule has 3 unspecified atom stereocenters. The Balaban J connectivity index is 1.55. The first kappa shape index (κ1) is 33.6. The van der Waals surface area contributed by atoms with Crippen LogP contribution in [0.4, 0.5) is 29.5 Å². The molecule has 238 valence electrons. The smallest absolute Gasteiger partial charge is 0.319 e. The molecule has 0 saturated carbocycles. The van der Waals surface area contributed by atoms with Crippen molar-refractivity contribution >= 4 is 50.3 Å². The van der Waals surface area contributed by atoms with E-state index in [0.717, 1.165) is 58.8 Å². The molecular formula is C33H40BrF3N4O3. The molecule has 1 aliphatic rings. The van der Waals surface area contributed by atoms with Crippen LogP contribution in [-0.2, 0) is 9.53 Å². The molecule has 2 amide bonds. The minimum absolute atomic E-state index is 0.00999. The summed E-state index contributed by atoms with van der Waals surface area (Å²) in [5.74, 6) is -2.25. The first-order valence-electron chi connectivity index (χ1n) is 15.3. The van der Waals surface area contributed by atoms with E-state index in [2.05, 4.69) is 38.4 Å². The van der Waals surface area contributed by atoms with Gasteiger partial charge in [0.25, 0.3) is 0 Å². The molecule has 1 aromatic heterocycles. The lowest BCUT2D eigenvalue weighted by Crippen LogP contribution is -2.37. The molecule has 3 aromatic rings. The molecule has 11 heteroatoms. The monoisotopic (exact) mass is 676 g/mol. The normalized spacial score (nSPS) is 16.4. The van der Waals surface area contributed by atoms with E-state index in [1.807, 2.05) is 25.1 Å². The van der Waals surface area contributed by atoms with Gasteiger partial charge in [0.15, 0.2) is 11.6 Å². The van der Waals surface area contributed by atoms with Crippen molar-refractivity contribution in [3.05, 3.63) is 63.6 Å². The van der Waals surface area contributed by atoms with Crippen LogP contribution in [0.1, 0.15) is 75.8 Å². The highest BCUT2D eigenvalue weighted by atomic mass is 79.9. The number of rotatable bonds is 12. The summed E-state index contributed by atoms with van der Waals surface area (Å²) in [5, 5.41) is 6.50. The lowest BCUT2D eigenvalue weighted by atomic mass is 9.93. The number of nitrogens with zero attached hydrogens (tertiary/aromatic N) is 2. The Morgan fingerprint density at radius 1 is 1.18 bits per heavy atom. The van der Waals surface area contributed by atoms with Gasteiger partial charge in [0.05, 0.1) is 11.2 Å². The SMILES string of the molecule is CCCC(F)OC(=O)CCC(CNC(=O)Nc1c(C)c(N2CCCC(CC)C2)nc2ccc(Br)cc12)c1cccc(F)c1F. The molecule has 1 fully saturated rings. The van der Waals surface area contributed by atoms with E-state index in [1.54, 1.807) is 6.92 Å². The Labute approximate surface area is 265 Å². The topological polar surface area (TPSA) is 83.6 Å². The lowest BCUT2D eigenvalue weighted by molar-refractivity contribution is -0.158. The molecule has 4 rings (SSSR count). The maximum atomic E-state index is 14.8. The summed E-state index contributed by atoms with van der Waals surface area (Å²) in [6, 6.07) is 8.93. The molecule has 7 nitrogen and oxygen atoms in total. The molecule has 2 heterocycles. The molecule has 1 saturated heterocycles. The zero-order valence-electron chi connectivity index (χ0n) is 25.4. The third kappa shape index (κ3) is 8.43. The molecule has 0 radical (unpaired) electrons.